The van der Waals surface area contributed by atoms with Crippen LogP contribution in [0.15, 0.2) is 176 Å². The minimum Gasteiger partial charge on any atom is -0.376 e. The summed E-state index contributed by atoms with van der Waals surface area (Å²) in [4.78, 5) is 3.94. The van der Waals surface area contributed by atoms with Crippen molar-refractivity contribution >= 4 is 82.5 Å². The predicted octanol–water partition coefficient (Wildman–Crippen LogP) is 11.7. The van der Waals surface area contributed by atoms with Crippen LogP contribution in [0.3, 0.4) is 0 Å². The average molecular weight is 677 g/mol. The van der Waals surface area contributed by atoms with Crippen LogP contribution in [0.5, 0.6) is 0 Å². The molecule has 0 saturated carbocycles. The van der Waals surface area contributed by atoms with Gasteiger partial charge >= 0.3 is 6.85 Å². The third kappa shape index (κ3) is 3.79. The van der Waals surface area contributed by atoms with Crippen molar-refractivity contribution in [2.75, 3.05) is 4.81 Å². The van der Waals surface area contributed by atoms with Crippen molar-refractivity contribution in [3.05, 3.63) is 176 Å². The van der Waals surface area contributed by atoms with Crippen LogP contribution in [0.4, 0.5) is 11.4 Å². The maximum Gasteiger partial charge on any atom is 0.333 e. The number of nitrogens with zero attached hydrogens (tertiary/aromatic N) is 2. The van der Waals surface area contributed by atoms with E-state index in [1.54, 1.807) is 0 Å². The molecule has 0 atom stereocenters. The normalized spacial score (nSPS) is 12.9. The maximum absolute atomic E-state index is 2.63. The zero-order valence-electron chi connectivity index (χ0n) is 28.1. The van der Waals surface area contributed by atoms with E-state index in [9.17, 15) is 0 Å². The smallest absolute Gasteiger partial charge is 0.333 e. The molecule has 12 rings (SSSR count). The van der Waals surface area contributed by atoms with Crippen molar-refractivity contribution in [1.29, 1.82) is 0 Å². The first-order chi connectivity index (χ1) is 25.8. The third-order valence-corrected chi connectivity index (χ3v) is 12.5. The molecule has 4 heteroatoms. The second-order valence-electron chi connectivity index (χ2n) is 14.0. The van der Waals surface area contributed by atoms with E-state index >= 15 is 0 Å². The summed E-state index contributed by atoms with van der Waals surface area (Å²) in [6.07, 6.45) is 0. The van der Waals surface area contributed by atoms with Gasteiger partial charge < -0.3 is 9.38 Å². The lowest BCUT2D eigenvalue weighted by atomic mass is 9.43. The van der Waals surface area contributed by atoms with E-state index in [2.05, 4.69) is 185 Å². The molecule has 4 heterocycles. The molecule has 0 bridgehead atoms. The number of rotatable bonds is 3. The number of anilines is 2. The topological polar surface area (TPSA) is 8.17 Å². The Morgan fingerprint density at radius 1 is 0.481 bits per heavy atom. The van der Waals surface area contributed by atoms with Crippen LogP contribution in [0, 0.1) is 0 Å². The van der Waals surface area contributed by atoms with E-state index in [4.69, 9.17) is 0 Å². The van der Waals surface area contributed by atoms with Gasteiger partial charge in [-0.25, -0.2) is 0 Å². The molecule has 0 spiro atoms. The number of fused-ring (bicyclic) bond motifs is 11. The monoisotopic (exact) mass is 676 g/mol. The molecule has 2 aliphatic heterocycles. The number of hydrogen-bond acceptors (Lipinski definition) is 2. The Hall–Kier alpha value is -6.36. The molecule has 10 aromatic rings. The number of benzene rings is 8. The molecule has 240 valence electrons. The van der Waals surface area contributed by atoms with Crippen molar-refractivity contribution in [1.82, 2.24) is 4.57 Å². The molecule has 0 unspecified atom stereocenters. The fourth-order valence-corrected chi connectivity index (χ4v) is 10.4. The minimum absolute atomic E-state index is 0.0162. The Morgan fingerprint density at radius 3 is 1.96 bits per heavy atom. The molecule has 52 heavy (non-hydrogen) atoms. The van der Waals surface area contributed by atoms with Crippen molar-refractivity contribution < 1.29 is 0 Å². The highest BCUT2D eigenvalue weighted by atomic mass is 32.1. The van der Waals surface area contributed by atoms with Crippen LogP contribution >= 0.6 is 11.3 Å². The van der Waals surface area contributed by atoms with E-state index in [-0.39, 0.29) is 6.85 Å². The Kier molecular flexibility index (Phi) is 5.77. The highest BCUT2D eigenvalue weighted by molar-refractivity contribution is 7.26. The highest BCUT2D eigenvalue weighted by Crippen LogP contribution is 2.49. The van der Waals surface area contributed by atoms with Crippen molar-refractivity contribution in [3.8, 4) is 39.1 Å². The van der Waals surface area contributed by atoms with Crippen molar-refractivity contribution in [2.45, 2.75) is 0 Å². The van der Waals surface area contributed by atoms with Crippen LogP contribution in [-0.2, 0) is 0 Å². The molecule has 2 nitrogen and oxygen atoms in total. The molecule has 0 fully saturated rings. The van der Waals surface area contributed by atoms with Gasteiger partial charge in [0.2, 0.25) is 0 Å². The summed E-state index contributed by atoms with van der Waals surface area (Å²) in [5.74, 6) is 0. The average Bonchev–Trinajstić information content (AvgIpc) is 3.75. The minimum atomic E-state index is -0.0162. The van der Waals surface area contributed by atoms with E-state index in [1.807, 2.05) is 11.3 Å². The van der Waals surface area contributed by atoms with E-state index in [0.29, 0.717) is 0 Å². The molecule has 2 aromatic heterocycles. The molecule has 2 aliphatic rings. The van der Waals surface area contributed by atoms with Crippen molar-refractivity contribution in [3.63, 3.8) is 0 Å². The Labute approximate surface area is 305 Å². The summed E-state index contributed by atoms with van der Waals surface area (Å²) >= 11 is 1.91. The van der Waals surface area contributed by atoms with E-state index < -0.39 is 0 Å². The van der Waals surface area contributed by atoms with Gasteiger partial charge in [0.15, 0.2) is 0 Å². The zero-order chi connectivity index (χ0) is 33.9. The van der Waals surface area contributed by atoms with Crippen LogP contribution in [0.1, 0.15) is 0 Å². The number of aromatic nitrogens is 1. The van der Waals surface area contributed by atoms with Gasteiger partial charge in [0.1, 0.15) is 4.83 Å². The molecule has 8 aromatic carbocycles. The van der Waals surface area contributed by atoms with Gasteiger partial charge in [-0.2, -0.15) is 0 Å². The predicted molar refractivity (Wildman–Crippen MR) is 224 cm³/mol. The number of hydrogen-bond donors (Lipinski definition) is 0. The SMILES string of the molecule is c1ccc(-c2ccc(N3B4c5c(cc(-c6ccccc6)cc5-n5c6sc7ccccc7c6c6cccc4c65)-c4c3ccc3ccccc43)cc2)cc1. The summed E-state index contributed by atoms with van der Waals surface area (Å²) in [7, 11) is 0. The zero-order valence-corrected chi connectivity index (χ0v) is 28.9. The largest absolute Gasteiger partial charge is 0.376 e. The summed E-state index contributed by atoms with van der Waals surface area (Å²) in [6.45, 7) is -0.0162. The van der Waals surface area contributed by atoms with E-state index in [1.165, 1.54) is 103 Å². The van der Waals surface area contributed by atoms with Gasteiger partial charge in [-0.3, -0.25) is 0 Å². The summed E-state index contributed by atoms with van der Waals surface area (Å²) in [5.41, 5.74) is 15.3. The quantitative estimate of drug-likeness (QED) is 0.169. The first-order valence-corrected chi connectivity index (χ1v) is 18.8. The van der Waals surface area contributed by atoms with E-state index in [0.717, 1.165) is 0 Å². The van der Waals surface area contributed by atoms with Crippen LogP contribution in [0.25, 0.3) is 81.0 Å². The lowest BCUT2D eigenvalue weighted by molar-refractivity contribution is 1.19. The fraction of sp³-hybridized carbons (Fsp3) is 0. The highest BCUT2D eigenvalue weighted by Gasteiger charge is 2.44. The van der Waals surface area contributed by atoms with Gasteiger partial charge in [0.05, 0.1) is 5.52 Å². The Balaban J connectivity index is 1.24. The molecular weight excluding hydrogens is 647 g/mol. The molecular formula is C48H29BN2S. The second-order valence-corrected chi connectivity index (χ2v) is 15.1. The van der Waals surface area contributed by atoms with Crippen LogP contribution < -0.4 is 15.7 Å². The maximum atomic E-state index is 2.63. The molecule has 0 radical (unpaired) electrons. The first-order valence-electron chi connectivity index (χ1n) is 18.0. The van der Waals surface area contributed by atoms with Gasteiger partial charge in [0.25, 0.3) is 0 Å². The van der Waals surface area contributed by atoms with Crippen molar-refractivity contribution in [2.24, 2.45) is 0 Å². The summed E-state index contributed by atoms with van der Waals surface area (Å²) < 4.78 is 3.94. The Morgan fingerprint density at radius 2 is 1.15 bits per heavy atom. The molecule has 0 amide bonds. The molecule has 0 saturated heterocycles. The number of para-hydroxylation sites is 1. The van der Waals surface area contributed by atoms with Gasteiger partial charge in [-0.15, -0.1) is 11.3 Å². The van der Waals surface area contributed by atoms with Crippen LogP contribution in [-0.4, -0.2) is 11.4 Å². The van der Waals surface area contributed by atoms with Gasteiger partial charge in [-0.1, -0.05) is 140 Å². The van der Waals surface area contributed by atoms with Crippen LogP contribution in [0.2, 0.25) is 0 Å². The van der Waals surface area contributed by atoms with Gasteiger partial charge in [-0.05, 0) is 85.9 Å². The third-order valence-electron chi connectivity index (χ3n) is 11.4. The molecule has 0 N–H and O–H groups in total. The first kappa shape index (κ1) is 28.4. The summed E-state index contributed by atoms with van der Waals surface area (Å²) in [5, 5.41) is 6.55. The fourth-order valence-electron chi connectivity index (χ4n) is 9.17. The standard InChI is InChI=1S/C48H29BN2S/c1-3-12-30(13-4-1)32-22-25-35(26-23-32)51-41-27-24-33-16-7-8-17-36(33)44(41)39-28-34(31-14-5-2-6-15-31)29-42-46(39)49(51)40-20-11-19-38-45-37-18-9-10-21-43(37)52-48(45)50(42)47(38)40/h1-29H. The lowest BCUT2D eigenvalue weighted by Gasteiger charge is -2.42. The second kappa shape index (κ2) is 10.6. The lowest BCUT2D eigenvalue weighted by Crippen LogP contribution is -2.60. The number of thiophene rings is 1. The summed E-state index contributed by atoms with van der Waals surface area (Å²) in [6, 6.07) is 65.2. The Bertz CT molecular complexity index is 3070. The van der Waals surface area contributed by atoms with Gasteiger partial charge in [0, 0.05) is 43.5 Å². The molecule has 0 aliphatic carbocycles.